The Balaban J connectivity index is -0.000000151. The lowest BCUT2D eigenvalue weighted by molar-refractivity contribution is -0.385. The van der Waals surface area contributed by atoms with Crippen LogP contribution in [-0.2, 0) is 278 Å². The number of nitrogens with one attached hydrogen (secondary N) is 2. The van der Waals surface area contributed by atoms with Gasteiger partial charge in [-0.1, -0.05) is 84.9 Å². The molecule has 0 radical (unpaired) electrons. The minimum Gasteiger partial charge on any atom is -0.469 e. The third-order valence-corrected chi connectivity index (χ3v) is 64.1. The standard InChI is InChI=1S/C24H28N4O4.C16H16N4O4.C8H14O.C7H5NO3.C6H10O3.S25.13H2/c1-5-16-19(23(29)32-4)18(13-7-6-8-14(11-13)28(30)31)20-21(25)15-12-24(2,3)10-9-17(15)27-22(20)26-16;1-3-12-14(16(21)24-2)13(11(8-17)15(18)19-12)9-5-4-6-10(7-9)20(22)23;1-8(2)5-3-7(9)4-6-8;9-5-6-2-1-3-7(4-6)8(10)11;1-3-5(7)4-6(8)9-2;1-3-5-7-9-11-13-15-17-19-21-23-25-24-22-20-18-16-14-12-10-8-6-4-2;;;;;;;;;;;;;/h6-8,11,18H,5,9-10,12H2,1-4H3,(H3,25,26,27);4-7,13,19H,3,18H2,1-2H3;3-6H2,1-2H3;1-5H;3-4H2,1-2H3;;13*1H/i;;;;;;12*1+1D;1+1. The highest BCUT2D eigenvalue weighted by molar-refractivity contribution is 8.79. The van der Waals surface area contributed by atoms with Gasteiger partial charge >= 0.3 is 17.9 Å². The Morgan fingerprint density at radius 3 is 1.40 bits per heavy atom. The fourth-order valence-electron chi connectivity index (χ4n) is 10.0. The van der Waals surface area contributed by atoms with Crippen LogP contribution in [0.3, 0.4) is 0 Å². The number of aldehydes is 1. The van der Waals surface area contributed by atoms with E-state index in [4.69, 9.17) is 83.9 Å². The summed E-state index contributed by atoms with van der Waals surface area (Å²) < 4.78 is 134. The Bertz CT molecular complexity index is 5450. The summed E-state index contributed by atoms with van der Waals surface area (Å²) >= 11 is 9.55. The van der Waals surface area contributed by atoms with Crippen molar-refractivity contribution >= 4 is 291 Å². The molecule has 2 aliphatic heterocycles. The van der Waals surface area contributed by atoms with Crippen LogP contribution in [-0.4, -0.2) is 76.8 Å². The normalized spacial score (nSPS) is 15.6. The number of hydrogen-bond donors (Lipinski definition) is 4. The van der Waals surface area contributed by atoms with Gasteiger partial charge in [-0.05, 0) is 72.5 Å². The van der Waals surface area contributed by atoms with E-state index in [1.54, 1.807) is 149 Å². The molecule has 1 saturated carbocycles. The van der Waals surface area contributed by atoms with Crippen LogP contribution in [0.2, 0.25) is 0 Å². The highest BCUT2D eigenvalue weighted by atomic mass is 33.5. The molecule has 2 aliphatic carbocycles. The molecular weight excluding hydrogens is 1900 g/mol. The number of allylic oxidation sites excluding steroid dienone is 3. The molecule has 2 unspecified atom stereocenters. The number of pyridine rings is 1. The van der Waals surface area contributed by atoms with E-state index in [1.165, 1.54) is 93.7 Å². The number of esters is 3. The zero-order valence-corrected chi connectivity index (χ0v) is 80.1. The molecule has 110 heavy (non-hydrogen) atoms. The van der Waals surface area contributed by atoms with Gasteiger partial charge in [-0.15, -0.1) is 0 Å². The molecule has 0 spiro atoms. The quantitative estimate of drug-likeness (QED) is 0.0241. The number of benzene rings is 3. The number of ether oxygens (including phenoxy) is 3. The molecule has 24 nitrogen and oxygen atoms in total. The molecule has 0 bridgehead atoms. The van der Waals surface area contributed by atoms with Gasteiger partial charge in [0.25, 0.3) is 17.1 Å². The summed E-state index contributed by atoms with van der Waals surface area (Å²) in [4.78, 5) is 103. The van der Waals surface area contributed by atoms with Crippen molar-refractivity contribution < 1.29 is 94.8 Å². The van der Waals surface area contributed by atoms with Crippen molar-refractivity contribution in [2.45, 2.75) is 131 Å². The molecule has 628 valence electrons. The van der Waals surface area contributed by atoms with Crippen LogP contribution in [0.25, 0.3) is 0 Å². The molecule has 8 rings (SSSR count). The van der Waals surface area contributed by atoms with E-state index < -0.39 is 44.5 Å². The third-order valence-electron chi connectivity index (χ3n) is 15.2. The predicted molar refractivity (Wildman–Crippen MR) is 527 cm³/mol. The maximum absolute atomic E-state index is 12.9. The van der Waals surface area contributed by atoms with Crippen LogP contribution in [0.5, 0.6) is 0 Å². The minimum absolute atomic E-state index is 0. The summed E-state index contributed by atoms with van der Waals surface area (Å²) in [5, 5.41) is 48.3. The molecule has 4 aromatic rings. The van der Waals surface area contributed by atoms with Gasteiger partial charge in [-0.25, -0.2) is 14.6 Å². The van der Waals surface area contributed by atoms with Crippen LogP contribution in [0, 0.1) is 52.5 Å². The highest BCUT2D eigenvalue weighted by Gasteiger charge is 2.40. The molecular formula is C61H99N9O15S25. The number of fused-ring (bicyclic) bond motifs is 2. The number of carbonyl (C=O) groups excluding carboxylic acids is 6. The molecule has 0 saturated heterocycles. The summed E-state index contributed by atoms with van der Waals surface area (Å²) in [7, 11) is 43.8. The number of methoxy groups -OCH3 is 3. The molecule has 3 aromatic carbocycles. The minimum atomic E-state index is -0.821. The van der Waals surface area contributed by atoms with Gasteiger partial charge in [0.2, 0.25) is 0 Å². The number of rotatable bonds is 13. The number of aromatic nitrogens is 1. The summed E-state index contributed by atoms with van der Waals surface area (Å²) in [6, 6.07) is 19.7. The lowest BCUT2D eigenvalue weighted by Crippen LogP contribution is -2.33. The van der Waals surface area contributed by atoms with E-state index in [0.29, 0.717) is 87.5 Å². The Hall–Kier alpha value is -4.16. The van der Waals surface area contributed by atoms with Crippen molar-refractivity contribution in [2.75, 3.05) is 32.4 Å². The number of non-ortho nitro benzene ring substituents is 3. The highest BCUT2D eigenvalue weighted by Crippen LogP contribution is 2.49. The van der Waals surface area contributed by atoms with Crippen LogP contribution in [0.15, 0.2) is 107 Å². The van der Waals surface area contributed by atoms with E-state index in [-0.39, 0.29) is 53.1 Å². The van der Waals surface area contributed by atoms with E-state index in [0.717, 1.165) is 56.2 Å². The zero-order valence-electron chi connectivity index (χ0n) is 83.7. The smallest absolute Gasteiger partial charge is 0.336 e. The number of Topliss-reactive ketones (excluding diaryl/α,β-unsaturated/α-hetero) is 2. The van der Waals surface area contributed by atoms with Crippen molar-refractivity contribution in [1.29, 1.82) is 5.26 Å². The molecule has 1 aromatic heterocycles. The summed E-state index contributed by atoms with van der Waals surface area (Å²) in [6.07, 6.45) is 8.32. The van der Waals surface area contributed by atoms with Gasteiger partial charge in [0.15, 0.2) is 0 Å². The predicted octanol–water partition coefficient (Wildman–Crippen LogP) is 13.5. The number of nitro benzene ring substituents is 3. The molecule has 3 heterocycles. The van der Waals surface area contributed by atoms with E-state index in [1.807, 2.05) is 82.1 Å². The van der Waals surface area contributed by atoms with E-state index in [9.17, 15) is 64.4 Å². The molecule has 0 amide bonds. The van der Waals surface area contributed by atoms with Gasteiger partial charge in [-0.3, -0.25) is 49.5 Å². The number of nitrogen functional groups attached to an aromatic ring is 1. The number of anilines is 2. The average Bonchev–Trinajstić information content (AvgIpc) is 0.731. The first kappa shape index (κ1) is 81.0. The largest absolute Gasteiger partial charge is 0.469 e. The first-order chi connectivity index (χ1) is 64.6. The number of carbonyl (C=O) groups is 6. The molecule has 2 atom stereocenters. The molecule has 4 aliphatic rings. The number of hydrogen-bond acceptors (Lipinski definition) is 23. The second-order valence-electron chi connectivity index (χ2n) is 23.2. The van der Waals surface area contributed by atoms with Gasteiger partial charge in [0.05, 0.1) is 64.8 Å². The van der Waals surface area contributed by atoms with Crippen molar-refractivity contribution in [2.24, 2.45) is 16.6 Å². The second kappa shape index (κ2) is 55.4. The fraction of sp³-hybridized carbons (Fsp3) is 0.410. The summed E-state index contributed by atoms with van der Waals surface area (Å²) in [6.45, 7) is 14.4. The number of nitrogens with zero attached hydrogens (tertiary/aromatic N) is 5. The SMILES string of the molecule is CC1(C)CCC(=O)CC1.CCC(=O)CC(=O)OC.CCC1=C(C(=O)OC)C(c2cccc([N+](=O)[O-])c2)C(C#N)=C(N)N1.CCC1=C(C(=O)OC)C(c2cccc([N+](=O)[O-])c2)c2c(nc3c(c2N)CC(C)(C)CC3)N1.O=Cc1cccc([N+](=O)[O-])c1.S=S=S=S=S=S=S=S=S=S=S=S=S=S=S=S=S=S=S=S=S=S=S=S=S.[2HH].[2H][2H].[2H][2H].[2H][2H].[2H][2H].[2H][2H].[2H][2H].[2H][2H].[2H][2H].[2H][2H].[2H][2H].[2H][2H].[2H][2H]. The summed E-state index contributed by atoms with van der Waals surface area (Å²) in [5.41, 5.74) is 19.5. The first-order valence-electron chi connectivity index (χ1n) is 43.3. The monoisotopic (exact) mass is 2020 g/mol. The maximum Gasteiger partial charge on any atom is 0.336 e. The van der Waals surface area contributed by atoms with Gasteiger partial charge in [0.1, 0.15) is 35.9 Å². The molecule has 1 fully saturated rings. The Kier molecular flexibility index (Phi) is 40.8. The average molecular weight is 2030 g/mol. The Morgan fingerprint density at radius 2 is 1.02 bits per heavy atom. The number of nitrogens with two attached hydrogens (primary N) is 2. The lowest BCUT2D eigenvalue weighted by atomic mass is 9.73. The van der Waals surface area contributed by atoms with Gasteiger partial charge in [0, 0.05) is 359 Å². The van der Waals surface area contributed by atoms with Crippen molar-refractivity contribution in [3.05, 3.63) is 171 Å². The van der Waals surface area contributed by atoms with Crippen molar-refractivity contribution in [3.8, 4) is 6.07 Å². The fourth-order valence-corrected chi connectivity index (χ4v) is 67.7. The third kappa shape index (κ3) is 35.9. The van der Waals surface area contributed by atoms with Crippen LogP contribution < -0.4 is 22.1 Å². The number of aryl methyl sites for hydroxylation is 1. The maximum atomic E-state index is 12.9. The van der Waals surface area contributed by atoms with Crippen LogP contribution >= 0.6 is 0 Å². The second-order valence-corrected chi connectivity index (χ2v) is 63.9. The van der Waals surface area contributed by atoms with Gasteiger partial charge in [-0.2, -0.15) is 5.26 Å². The Labute approximate surface area is 750 Å². The van der Waals surface area contributed by atoms with Crippen LogP contribution in [0.1, 0.15) is 193 Å². The van der Waals surface area contributed by atoms with E-state index in [2.05, 4.69) is 43.1 Å². The topological polar surface area (TPSA) is 372 Å². The van der Waals surface area contributed by atoms with E-state index >= 15 is 0 Å². The Morgan fingerprint density at radius 1 is 0.618 bits per heavy atom. The van der Waals surface area contributed by atoms with Crippen molar-refractivity contribution in [3.63, 3.8) is 0 Å². The van der Waals surface area contributed by atoms with Gasteiger partial charge < -0.3 is 36.3 Å². The number of ketones is 2. The molecule has 49 heteroatoms. The lowest BCUT2D eigenvalue weighted by Gasteiger charge is -2.36. The first-order valence-corrected chi connectivity index (χ1v) is 63.3. The van der Waals surface area contributed by atoms with Crippen LogP contribution in [0.4, 0.5) is 28.6 Å². The number of nitriles is 1. The zero-order chi connectivity index (χ0) is 106. The summed E-state index contributed by atoms with van der Waals surface area (Å²) in [5.74, 6) is -1.89. The van der Waals surface area contributed by atoms with Crippen molar-refractivity contribution in [1.82, 2.24) is 10.3 Å². The number of dihydropyridines is 1. The number of nitro groups is 3. The molecule has 6 N–H and O–H groups in total.